The fourth-order valence-corrected chi connectivity index (χ4v) is 2.45. The van der Waals surface area contributed by atoms with Gasteiger partial charge >= 0.3 is 0 Å². The highest BCUT2D eigenvalue weighted by Crippen LogP contribution is 2.32. The largest absolute Gasteiger partial charge is 0.310 e. The summed E-state index contributed by atoms with van der Waals surface area (Å²) in [6, 6.07) is 5.71. The second-order valence-electron chi connectivity index (χ2n) is 4.51. The molecule has 2 heteroatoms. The predicted octanol–water partition coefficient (Wildman–Crippen LogP) is 3.21. The van der Waals surface area contributed by atoms with Gasteiger partial charge in [0, 0.05) is 12.5 Å². The Bertz CT molecular complexity index is 419. The zero-order valence-electron chi connectivity index (χ0n) is 10.0. The molecular formula is C15H18FN. The van der Waals surface area contributed by atoms with Crippen LogP contribution >= 0.6 is 0 Å². The van der Waals surface area contributed by atoms with Crippen molar-refractivity contribution in [2.75, 3.05) is 6.54 Å². The van der Waals surface area contributed by atoms with Gasteiger partial charge in [-0.05, 0) is 49.4 Å². The minimum atomic E-state index is -0.0564. The molecule has 1 atom stereocenters. The molecule has 90 valence electrons. The Morgan fingerprint density at radius 3 is 3.12 bits per heavy atom. The summed E-state index contributed by atoms with van der Waals surface area (Å²) in [4.78, 5) is 0. The molecule has 0 fully saturated rings. The Morgan fingerprint density at radius 2 is 2.29 bits per heavy atom. The number of terminal acetylenes is 1. The summed E-state index contributed by atoms with van der Waals surface area (Å²) >= 11 is 0. The van der Waals surface area contributed by atoms with Crippen molar-refractivity contribution in [3.63, 3.8) is 0 Å². The number of nitrogens with one attached hydrogen (secondary N) is 1. The van der Waals surface area contributed by atoms with E-state index < -0.39 is 0 Å². The van der Waals surface area contributed by atoms with Crippen LogP contribution in [-0.4, -0.2) is 6.54 Å². The molecule has 1 N–H and O–H groups in total. The van der Waals surface area contributed by atoms with E-state index >= 15 is 0 Å². The van der Waals surface area contributed by atoms with Gasteiger partial charge in [0.25, 0.3) is 0 Å². The molecule has 1 aliphatic rings. The molecule has 1 nitrogen and oxygen atoms in total. The number of hydrogen-bond acceptors (Lipinski definition) is 1. The third kappa shape index (κ3) is 2.87. The summed E-state index contributed by atoms with van der Waals surface area (Å²) in [7, 11) is 0. The van der Waals surface area contributed by atoms with Crippen molar-refractivity contribution in [3.05, 3.63) is 35.1 Å². The van der Waals surface area contributed by atoms with Gasteiger partial charge in [0.05, 0.1) is 0 Å². The second-order valence-corrected chi connectivity index (χ2v) is 4.51. The van der Waals surface area contributed by atoms with Gasteiger partial charge in [-0.15, -0.1) is 12.3 Å². The van der Waals surface area contributed by atoms with Gasteiger partial charge in [-0.3, -0.25) is 0 Å². The van der Waals surface area contributed by atoms with Crippen LogP contribution in [0.3, 0.4) is 0 Å². The van der Waals surface area contributed by atoms with Crippen LogP contribution in [0, 0.1) is 18.2 Å². The van der Waals surface area contributed by atoms with Crippen LogP contribution in [-0.2, 0) is 6.42 Å². The summed E-state index contributed by atoms with van der Waals surface area (Å²) in [5, 5.41) is 3.49. The van der Waals surface area contributed by atoms with E-state index in [1.165, 1.54) is 0 Å². The van der Waals surface area contributed by atoms with Gasteiger partial charge in [0.2, 0.25) is 0 Å². The van der Waals surface area contributed by atoms with E-state index in [1.54, 1.807) is 12.1 Å². The lowest BCUT2D eigenvalue weighted by Gasteiger charge is -2.13. The van der Waals surface area contributed by atoms with Crippen molar-refractivity contribution in [2.24, 2.45) is 0 Å². The van der Waals surface area contributed by atoms with Crippen molar-refractivity contribution in [1.82, 2.24) is 5.32 Å². The molecule has 0 spiro atoms. The predicted molar refractivity (Wildman–Crippen MR) is 68.1 cm³/mol. The molecule has 0 heterocycles. The lowest BCUT2D eigenvalue weighted by molar-refractivity contribution is 0.514. The first-order valence-electron chi connectivity index (χ1n) is 6.27. The molecule has 0 radical (unpaired) electrons. The SMILES string of the molecule is C#CCCCCNC1CCc2c(F)cccc21. The van der Waals surface area contributed by atoms with Crippen molar-refractivity contribution in [3.8, 4) is 12.3 Å². The fourth-order valence-electron chi connectivity index (χ4n) is 2.45. The van der Waals surface area contributed by atoms with E-state index in [4.69, 9.17) is 6.42 Å². The number of halogens is 1. The van der Waals surface area contributed by atoms with Crippen LogP contribution < -0.4 is 5.32 Å². The standard InChI is InChI=1S/C15H18FN/c1-2-3-4-5-11-17-15-10-9-12-13(15)7-6-8-14(12)16/h1,6-8,15,17H,3-5,9-11H2. The van der Waals surface area contributed by atoms with Crippen molar-refractivity contribution < 1.29 is 4.39 Å². The van der Waals surface area contributed by atoms with Crippen molar-refractivity contribution in [1.29, 1.82) is 0 Å². The third-order valence-corrected chi connectivity index (χ3v) is 3.35. The molecule has 0 aliphatic heterocycles. The molecule has 1 aliphatic carbocycles. The normalized spacial score (nSPS) is 17.8. The van der Waals surface area contributed by atoms with Crippen LogP contribution in [0.15, 0.2) is 18.2 Å². The highest BCUT2D eigenvalue weighted by molar-refractivity contribution is 5.35. The lowest BCUT2D eigenvalue weighted by atomic mass is 10.1. The number of rotatable bonds is 5. The Morgan fingerprint density at radius 1 is 1.41 bits per heavy atom. The molecule has 17 heavy (non-hydrogen) atoms. The van der Waals surface area contributed by atoms with Gasteiger partial charge in [0.15, 0.2) is 0 Å². The van der Waals surface area contributed by atoms with E-state index in [0.717, 1.165) is 49.8 Å². The number of unbranched alkanes of at least 4 members (excludes halogenated alkanes) is 2. The van der Waals surface area contributed by atoms with Crippen molar-refractivity contribution >= 4 is 0 Å². The van der Waals surface area contributed by atoms with Gasteiger partial charge < -0.3 is 5.32 Å². The maximum atomic E-state index is 13.5. The highest BCUT2D eigenvalue weighted by Gasteiger charge is 2.23. The Balaban J connectivity index is 1.86. The van der Waals surface area contributed by atoms with Crippen LogP contribution in [0.2, 0.25) is 0 Å². The molecule has 0 aromatic heterocycles. The topological polar surface area (TPSA) is 12.0 Å². The average molecular weight is 231 g/mol. The minimum Gasteiger partial charge on any atom is -0.310 e. The highest BCUT2D eigenvalue weighted by atomic mass is 19.1. The monoisotopic (exact) mass is 231 g/mol. The first-order valence-corrected chi connectivity index (χ1v) is 6.27. The Labute approximate surface area is 102 Å². The molecule has 0 saturated heterocycles. The fraction of sp³-hybridized carbons (Fsp3) is 0.467. The average Bonchev–Trinajstić information content (AvgIpc) is 2.74. The zero-order chi connectivity index (χ0) is 12.1. The maximum absolute atomic E-state index is 13.5. The van der Waals surface area contributed by atoms with E-state index in [1.807, 2.05) is 6.07 Å². The summed E-state index contributed by atoms with van der Waals surface area (Å²) < 4.78 is 13.5. The van der Waals surface area contributed by atoms with E-state index in [9.17, 15) is 4.39 Å². The Kier molecular flexibility index (Phi) is 4.17. The maximum Gasteiger partial charge on any atom is 0.126 e. The van der Waals surface area contributed by atoms with Crippen LogP contribution in [0.4, 0.5) is 4.39 Å². The quantitative estimate of drug-likeness (QED) is 0.606. The molecular weight excluding hydrogens is 213 g/mol. The van der Waals surface area contributed by atoms with Crippen LogP contribution in [0.25, 0.3) is 0 Å². The Hall–Kier alpha value is -1.33. The lowest BCUT2D eigenvalue weighted by Crippen LogP contribution is -2.20. The summed E-state index contributed by atoms with van der Waals surface area (Å²) in [5.41, 5.74) is 2.04. The second kappa shape index (κ2) is 5.84. The first-order chi connectivity index (χ1) is 8.33. The van der Waals surface area contributed by atoms with E-state index in [2.05, 4.69) is 11.2 Å². The zero-order valence-corrected chi connectivity index (χ0v) is 10.0. The first kappa shape index (κ1) is 12.1. The van der Waals surface area contributed by atoms with E-state index in [-0.39, 0.29) is 5.82 Å². The van der Waals surface area contributed by atoms with E-state index in [0.29, 0.717) is 6.04 Å². The number of hydrogen-bond donors (Lipinski definition) is 1. The summed E-state index contributed by atoms with van der Waals surface area (Å²) in [6.45, 7) is 0.961. The van der Waals surface area contributed by atoms with Gasteiger partial charge in [-0.25, -0.2) is 4.39 Å². The smallest absolute Gasteiger partial charge is 0.126 e. The van der Waals surface area contributed by atoms with Gasteiger partial charge in [-0.2, -0.15) is 0 Å². The summed E-state index contributed by atoms with van der Waals surface area (Å²) in [5.74, 6) is 2.59. The number of benzene rings is 1. The van der Waals surface area contributed by atoms with Crippen LogP contribution in [0.1, 0.15) is 42.9 Å². The molecule has 2 rings (SSSR count). The van der Waals surface area contributed by atoms with Gasteiger partial charge in [-0.1, -0.05) is 12.1 Å². The number of fused-ring (bicyclic) bond motifs is 1. The van der Waals surface area contributed by atoms with Crippen molar-refractivity contribution in [2.45, 2.75) is 38.1 Å². The molecule has 1 unspecified atom stereocenters. The minimum absolute atomic E-state index is 0.0564. The van der Waals surface area contributed by atoms with Crippen LogP contribution in [0.5, 0.6) is 0 Å². The molecule has 0 bridgehead atoms. The molecule has 0 amide bonds. The third-order valence-electron chi connectivity index (χ3n) is 3.35. The molecule has 1 aromatic rings. The molecule has 0 saturated carbocycles. The van der Waals surface area contributed by atoms with Gasteiger partial charge in [0.1, 0.15) is 5.82 Å². The summed E-state index contributed by atoms with van der Waals surface area (Å²) in [6.07, 6.45) is 10.1. The molecule has 1 aromatic carbocycles.